The fraction of sp³-hybridized carbons (Fsp3) is 0.0500. The van der Waals surface area contributed by atoms with E-state index in [0.29, 0.717) is 22.7 Å². The van der Waals surface area contributed by atoms with E-state index in [-0.39, 0.29) is 6.07 Å². The Labute approximate surface area is 188 Å². The monoisotopic (exact) mass is 509 g/mol. The molecule has 1 amide bonds. The largest absolute Gasteiger partial charge is 0.274 e. The molecule has 0 unspecified atom stereocenters. The summed E-state index contributed by atoms with van der Waals surface area (Å²) in [6, 6.07) is 6.80. The lowest BCUT2D eigenvalue weighted by Crippen LogP contribution is -2.32. The first-order valence-corrected chi connectivity index (χ1v) is 10.8. The summed E-state index contributed by atoms with van der Waals surface area (Å²) in [5.41, 5.74) is -2.02. The van der Waals surface area contributed by atoms with Gasteiger partial charge in [-0.3, -0.25) is 4.79 Å². The molecule has 0 atom stereocenters. The van der Waals surface area contributed by atoms with Gasteiger partial charge >= 0.3 is 0 Å². The van der Waals surface area contributed by atoms with Crippen molar-refractivity contribution < 1.29 is 35.2 Å². The van der Waals surface area contributed by atoms with Gasteiger partial charge in [-0.2, -0.15) is 0 Å². The minimum absolute atomic E-state index is 0.0251. The van der Waals surface area contributed by atoms with E-state index in [2.05, 4.69) is 0 Å². The van der Waals surface area contributed by atoms with E-state index < -0.39 is 72.5 Å². The number of sulfonamides is 1. The lowest BCUT2D eigenvalue weighted by molar-refractivity contribution is -0.118. The number of amides is 1. The zero-order valence-electron chi connectivity index (χ0n) is 15.5. The van der Waals surface area contributed by atoms with Gasteiger partial charge in [0.15, 0.2) is 17.5 Å². The molecular formula is C20H10Cl2F5NO3S. The van der Waals surface area contributed by atoms with Crippen molar-refractivity contribution in [2.75, 3.05) is 0 Å². The van der Waals surface area contributed by atoms with Gasteiger partial charge in [-0.05, 0) is 29.8 Å². The van der Waals surface area contributed by atoms with Gasteiger partial charge in [0.05, 0.1) is 17.0 Å². The highest BCUT2D eigenvalue weighted by atomic mass is 35.5. The molecule has 12 heteroatoms. The summed E-state index contributed by atoms with van der Waals surface area (Å²) in [4.78, 5) is 11.3. The Bertz CT molecular complexity index is 1350. The van der Waals surface area contributed by atoms with Gasteiger partial charge in [0, 0.05) is 16.7 Å². The molecule has 0 spiro atoms. The molecule has 4 nitrogen and oxygen atoms in total. The first-order chi connectivity index (χ1) is 14.9. The SMILES string of the molecule is O=C(Cc1cccc(Cl)c1)NS(=O)(=O)c1cc(-c2c(F)cc(F)c(F)c2F)c(F)cc1Cl. The zero-order valence-corrected chi connectivity index (χ0v) is 17.9. The number of carbonyl (C=O) groups excluding carboxylic acids is 1. The number of benzene rings is 3. The van der Waals surface area contributed by atoms with Crippen LogP contribution in [0, 0.1) is 29.1 Å². The van der Waals surface area contributed by atoms with Gasteiger partial charge in [-0.1, -0.05) is 35.3 Å². The first-order valence-electron chi connectivity index (χ1n) is 8.53. The molecular weight excluding hydrogens is 500 g/mol. The Morgan fingerprint density at radius 2 is 1.56 bits per heavy atom. The van der Waals surface area contributed by atoms with Crippen molar-refractivity contribution in [1.82, 2.24) is 4.72 Å². The molecule has 0 aliphatic carbocycles. The van der Waals surface area contributed by atoms with Crippen molar-refractivity contribution >= 4 is 39.1 Å². The lowest BCUT2D eigenvalue weighted by atomic mass is 10.0. The number of halogens is 7. The Hall–Kier alpha value is -2.69. The van der Waals surface area contributed by atoms with Gasteiger partial charge < -0.3 is 0 Å². The van der Waals surface area contributed by atoms with Crippen molar-refractivity contribution in [1.29, 1.82) is 0 Å². The molecule has 3 rings (SSSR count). The van der Waals surface area contributed by atoms with E-state index >= 15 is 0 Å². The molecule has 0 saturated heterocycles. The van der Waals surface area contributed by atoms with E-state index in [4.69, 9.17) is 23.2 Å². The van der Waals surface area contributed by atoms with Crippen LogP contribution >= 0.6 is 23.2 Å². The quantitative estimate of drug-likeness (QED) is 0.284. The molecule has 0 bridgehead atoms. The third kappa shape index (κ3) is 4.87. The van der Waals surface area contributed by atoms with Crippen LogP contribution < -0.4 is 4.72 Å². The molecule has 0 radical (unpaired) electrons. The number of carbonyl (C=O) groups is 1. The van der Waals surface area contributed by atoms with Crippen LogP contribution in [-0.2, 0) is 21.2 Å². The van der Waals surface area contributed by atoms with Crippen LogP contribution in [0.25, 0.3) is 11.1 Å². The maximum Gasteiger partial charge on any atom is 0.265 e. The Morgan fingerprint density at radius 3 is 2.22 bits per heavy atom. The van der Waals surface area contributed by atoms with Crippen molar-refractivity contribution in [3.05, 3.63) is 87.2 Å². The second kappa shape index (κ2) is 9.05. The van der Waals surface area contributed by atoms with Crippen molar-refractivity contribution in [2.45, 2.75) is 11.3 Å². The number of hydrogen-bond acceptors (Lipinski definition) is 3. The van der Waals surface area contributed by atoms with Crippen LogP contribution in [0.4, 0.5) is 22.0 Å². The fourth-order valence-electron chi connectivity index (χ4n) is 2.81. The Kier molecular flexibility index (Phi) is 6.77. The third-order valence-electron chi connectivity index (χ3n) is 4.20. The zero-order chi connectivity index (χ0) is 23.8. The molecule has 0 fully saturated rings. The lowest BCUT2D eigenvalue weighted by Gasteiger charge is -2.13. The minimum atomic E-state index is -4.76. The van der Waals surface area contributed by atoms with Crippen LogP contribution in [0.2, 0.25) is 10.0 Å². The van der Waals surface area contributed by atoms with Gasteiger partial charge in [0.2, 0.25) is 5.91 Å². The highest BCUT2D eigenvalue weighted by Crippen LogP contribution is 2.35. The summed E-state index contributed by atoms with van der Waals surface area (Å²) in [6.07, 6.45) is -0.405. The van der Waals surface area contributed by atoms with Crippen LogP contribution in [0.1, 0.15) is 5.56 Å². The molecule has 32 heavy (non-hydrogen) atoms. The topological polar surface area (TPSA) is 63.2 Å². The maximum atomic E-state index is 14.4. The fourth-order valence-corrected chi connectivity index (χ4v) is 4.55. The third-order valence-corrected chi connectivity index (χ3v) is 6.27. The van der Waals surface area contributed by atoms with E-state index in [0.717, 1.165) is 0 Å². The second-order valence-corrected chi connectivity index (χ2v) is 8.94. The highest BCUT2D eigenvalue weighted by molar-refractivity contribution is 7.90. The molecule has 0 aliphatic heterocycles. The molecule has 0 aromatic heterocycles. The van der Waals surface area contributed by atoms with Crippen molar-refractivity contribution in [3.63, 3.8) is 0 Å². The van der Waals surface area contributed by atoms with Crippen molar-refractivity contribution in [3.8, 4) is 11.1 Å². The van der Waals surface area contributed by atoms with E-state index in [1.54, 1.807) is 4.72 Å². The summed E-state index contributed by atoms with van der Waals surface area (Å²) in [5, 5.41) is -0.419. The minimum Gasteiger partial charge on any atom is -0.274 e. The number of hydrogen-bond donors (Lipinski definition) is 1. The molecule has 1 N–H and O–H groups in total. The molecule has 3 aromatic rings. The maximum absolute atomic E-state index is 14.4. The van der Waals surface area contributed by atoms with E-state index in [9.17, 15) is 35.2 Å². The van der Waals surface area contributed by atoms with Crippen LogP contribution in [0.15, 0.2) is 47.4 Å². The predicted octanol–water partition coefficient (Wildman–Crippen LogP) is 5.40. The second-order valence-electron chi connectivity index (χ2n) is 6.44. The average Bonchev–Trinajstić information content (AvgIpc) is 2.67. The summed E-state index contributed by atoms with van der Waals surface area (Å²) in [7, 11) is -4.76. The highest BCUT2D eigenvalue weighted by Gasteiger charge is 2.27. The molecule has 3 aromatic carbocycles. The molecule has 0 saturated carbocycles. The Morgan fingerprint density at radius 1 is 0.875 bits per heavy atom. The number of nitrogens with one attached hydrogen (secondary N) is 1. The molecule has 168 valence electrons. The summed E-state index contributed by atoms with van der Waals surface area (Å²) >= 11 is 11.6. The summed E-state index contributed by atoms with van der Waals surface area (Å²) < 4.78 is 96.3. The first kappa shape index (κ1) is 24.0. The Balaban J connectivity index is 2.02. The smallest absolute Gasteiger partial charge is 0.265 e. The van der Waals surface area contributed by atoms with Crippen LogP contribution in [0.3, 0.4) is 0 Å². The molecule has 0 aliphatic rings. The summed E-state index contributed by atoms with van der Waals surface area (Å²) in [5.74, 6) is -10.1. The average molecular weight is 510 g/mol. The van der Waals surface area contributed by atoms with Gasteiger partial charge in [-0.25, -0.2) is 35.1 Å². The van der Waals surface area contributed by atoms with E-state index in [1.165, 1.54) is 24.3 Å². The van der Waals surface area contributed by atoms with Gasteiger partial charge in [-0.15, -0.1) is 0 Å². The van der Waals surface area contributed by atoms with Crippen molar-refractivity contribution in [2.24, 2.45) is 0 Å². The van der Waals surface area contributed by atoms with Gasteiger partial charge in [0.1, 0.15) is 16.5 Å². The molecule has 0 heterocycles. The normalized spacial score (nSPS) is 11.5. The predicted molar refractivity (Wildman–Crippen MR) is 107 cm³/mol. The standard InChI is InChI=1S/C20H10Cl2F5NO3S/c21-10-3-1-2-9(4-10)5-17(29)28-32(30,31)16-6-11(13(23)7-12(16)22)18-14(24)8-15(25)19(26)20(18)27/h1-4,6-8H,5H2,(H,28,29). The van der Waals surface area contributed by atoms with Crippen LogP contribution in [-0.4, -0.2) is 14.3 Å². The van der Waals surface area contributed by atoms with Crippen LogP contribution in [0.5, 0.6) is 0 Å². The van der Waals surface area contributed by atoms with Gasteiger partial charge in [0.25, 0.3) is 10.0 Å². The summed E-state index contributed by atoms with van der Waals surface area (Å²) in [6.45, 7) is 0. The number of rotatable bonds is 5. The van der Waals surface area contributed by atoms with E-state index in [1.807, 2.05) is 0 Å².